The highest BCUT2D eigenvalue weighted by molar-refractivity contribution is 7.16. The number of esters is 1. The normalized spacial score (nSPS) is 12.4. The van der Waals surface area contributed by atoms with Crippen LogP contribution < -0.4 is 10.1 Å². The van der Waals surface area contributed by atoms with Crippen LogP contribution in [0, 0.1) is 6.92 Å². The van der Waals surface area contributed by atoms with Crippen LogP contribution in [-0.4, -0.2) is 29.5 Å². The minimum atomic E-state index is -0.682. The molecule has 4 aromatic rings. The Labute approximate surface area is 206 Å². The molecule has 8 heteroatoms. The molecular weight excluding hydrogens is 462 g/mol. The van der Waals surface area contributed by atoms with Crippen LogP contribution >= 0.6 is 11.3 Å². The zero-order chi connectivity index (χ0) is 24.9. The van der Waals surface area contributed by atoms with Crippen molar-refractivity contribution in [1.29, 1.82) is 0 Å². The van der Waals surface area contributed by atoms with E-state index in [0.717, 1.165) is 10.3 Å². The van der Waals surface area contributed by atoms with Crippen LogP contribution in [0.25, 0.3) is 10.2 Å². The number of rotatable bonds is 6. The second-order valence-electron chi connectivity index (χ2n) is 7.99. The van der Waals surface area contributed by atoms with Gasteiger partial charge in [-0.2, -0.15) is 4.99 Å². The highest BCUT2D eigenvalue weighted by atomic mass is 32.1. The first-order valence-corrected chi connectivity index (χ1v) is 12.0. The number of methoxy groups -OCH3 is 1. The van der Waals surface area contributed by atoms with E-state index in [4.69, 9.17) is 4.74 Å². The van der Waals surface area contributed by atoms with E-state index in [1.54, 1.807) is 53.1 Å². The molecule has 2 amide bonds. The van der Waals surface area contributed by atoms with Crippen LogP contribution in [0.2, 0.25) is 0 Å². The van der Waals surface area contributed by atoms with Gasteiger partial charge in [0.1, 0.15) is 6.04 Å². The van der Waals surface area contributed by atoms with Crippen LogP contribution in [-0.2, 0) is 9.53 Å². The fourth-order valence-corrected chi connectivity index (χ4v) is 4.78. The summed E-state index contributed by atoms with van der Waals surface area (Å²) in [5, 5.41) is 2.90. The first kappa shape index (κ1) is 24.1. The summed E-state index contributed by atoms with van der Waals surface area (Å²) in [6.45, 7) is 3.81. The second-order valence-corrected chi connectivity index (χ2v) is 9.00. The molecule has 0 aliphatic heterocycles. The Bertz CT molecular complexity index is 1450. The minimum absolute atomic E-state index is 0.244. The maximum absolute atomic E-state index is 12.9. The molecule has 0 saturated heterocycles. The Hall–Kier alpha value is -4.04. The standard InChI is InChI=1S/C27H25N3O4S/c1-4-21(26(33)34-3)30-22-16-20(28-24(31)18-8-6-5-7-9-18)14-15-23(22)35-27(30)29-25(32)19-12-10-17(2)11-13-19/h5-16,21H,4H2,1-3H3,(H,28,31). The van der Waals surface area contributed by atoms with E-state index in [2.05, 4.69) is 10.3 Å². The number of carbonyl (C=O) groups is 3. The monoisotopic (exact) mass is 487 g/mol. The minimum Gasteiger partial charge on any atom is -0.467 e. The van der Waals surface area contributed by atoms with Crippen LogP contribution in [0.5, 0.6) is 0 Å². The van der Waals surface area contributed by atoms with E-state index in [-0.39, 0.29) is 5.91 Å². The maximum atomic E-state index is 12.9. The van der Waals surface area contributed by atoms with Crippen LogP contribution in [0.1, 0.15) is 45.7 Å². The number of anilines is 1. The van der Waals surface area contributed by atoms with Crippen molar-refractivity contribution in [3.8, 4) is 0 Å². The number of fused-ring (bicyclic) bond motifs is 1. The molecule has 1 aromatic heterocycles. The zero-order valence-electron chi connectivity index (χ0n) is 19.6. The largest absolute Gasteiger partial charge is 0.467 e. The van der Waals surface area contributed by atoms with Gasteiger partial charge < -0.3 is 14.6 Å². The van der Waals surface area contributed by atoms with E-state index < -0.39 is 17.9 Å². The number of benzene rings is 3. The summed E-state index contributed by atoms with van der Waals surface area (Å²) >= 11 is 1.30. The molecule has 0 radical (unpaired) electrons. The first-order valence-electron chi connectivity index (χ1n) is 11.2. The summed E-state index contributed by atoms with van der Waals surface area (Å²) in [5.41, 5.74) is 3.27. The van der Waals surface area contributed by atoms with Crippen molar-refractivity contribution >= 4 is 45.0 Å². The van der Waals surface area contributed by atoms with E-state index in [1.807, 2.05) is 38.1 Å². The summed E-state index contributed by atoms with van der Waals surface area (Å²) in [4.78, 5) is 43.0. The van der Waals surface area contributed by atoms with E-state index in [9.17, 15) is 14.4 Å². The van der Waals surface area contributed by atoms with Gasteiger partial charge in [-0.1, -0.05) is 54.2 Å². The highest BCUT2D eigenvalue weighted by Gasteiger charge is 2.24. The first-order chi connectivity index (χ1) is 16.9. The predicted molar refractivity (Wildman–Crippen MR) is 137 cm³/mol. The van der Waals surface area contributed by atoms with Gasteiger partial charge in [0.25, 0.3) is 11.8 Å². The topological polar surface area (TPSA) is 89.8 Å². The third kappa shape index (κ3) is 5.22. The lowest BCUT2D eigenvalue weighted by molar-refractivity contribution is -0.144. The lowest BCUT2D eigenvalue weighted by Crippen LogP contribution is -2.28. The highest BCUT2D eigenvalue weighted by Crippen LogP contribution is 2.27. The lowest BCUT2D eigenvalue weighted by atomic mass is 10.1. The SMILES string of the molecule is CCC(C(=O)OC)n1c(=NC(=O)c2ccc(C)cc2)sc2ccc(NC(=O)c3ccccc3)cc21. The molecule has 0 saturated carbocycles. The number of carbonyl (C=O) groups excluding carboxylic acids is 3. The van der Waals surface area contributed by atoms with E-state index in [0.29, 0.717) is 33.6 Å². The third-order valence-corrected chi connectivity index (χ3v) is 6.62. The Morgan fingerprint density at radius 1 is 1.00 bits per heavy atom. The molecule has 0 spiro atoms. The van der Waals surface area contributed by atoms with Crippen molar-refractivity contribution in [2.75, 3.05) is 12.4 Å². The zero-order valence-corrected chi connectivity index (χ0v) is 20.5. The van der Waals surface area contributed by atoms with Gasteiger partial charge in [-0.15, -0.1) is 0 Å². The molecule has 0 aliphatic rings. The van der Waals surface area contributed by atoms with Gasteiger partial charge in [-0.3, -0.25) is 9.59 Å². The van der Waals surface area contributed by atoms with Gasteiger partial charge in [0.15, 0.2) is 4.80 Å². The van der Waals surface area contributed by atoms with Gasteiger partial charge >= 0.3 is 5.97 Å². The Morgan fingerprint density at radius 2 is 1.71 bits per heavy atom. The Balaban J connectivity index is 1.82. The molecule has 0 bridgehead atoms. The van der Waals surface area contributed by atoms with Gasteiger partial charge in [0, 0.05) is 16.8 Å². The maximum Gasteiger partial charge on any atom is 0.328 e. The van der Waals surface area contributed by atoms with Gasteiger partial charge in [-0.05, 0) is 55.8 Å². The molecule has 35 heavy (non-hydrogen) atoms. The number of hydrogen-bond acceptors (Lipinski definition) is 5. The van der Waals surface area contributed by atoms with Crippen molar-refractivity contribution in [2.24, 2.45) is 4.99 Å². The number of thiazole rings is 1. The molecule has 3 aromatic carbocycles. The van der Waals surface area contributed by atoms with Gasteiger partial charge in [0.05, 0.1) is 17.3 Å². The van der Waals surface area contributed by atoms with Crippen molar-refractivity contribution in [3.05, 3.63) is 94.3 Å². The van der Waals surface area contributed by atoms with Crippen LogP contribution in [0.15, 0.2) is 77.8 Å². The number of ether oxygens (including phenoxy) is 1. The quantitative estimate of drug-likeness (QED) is 0.382. The summed E-state index contributed by atoms with van der Waals surface area (Å²) < 4.78 is 7.57. The van der Waals surface area contributed by atoms with Crippen LogP contribution in [0.3, 0.4) is 0 Å². The van der Waals surface area contributed by atoms with Gasteiger partial charge in [-0.25, -0.2) is 4.79 Å². The smallest absolute Gasteiger partial charge is 0.328 e. The molecule has 0 fully saturated rings. The fourth-order valence-electron chi connectivity index (χ4n) is 3.73. The summed E-state index contributed by atoms with van der Waals surface area (Å²) in [6, 6.07) is 20.8. The van der Waals surface area contributed by atoms with Gasteiger partial charge in [0.2, 0.25) is 0 Å². The summed E-state index contributed by atoms with van der Waals surface area (Å²) in [5.74, 6) is -1.08. The molecule has 7 nitrogen and oxygen atoms in total. The summed E-state index contributed by atoms with van der Waals surface area (Å²) in [6.07, 6.45) is 0.436. The molecule has 0 aliphatic carbocycles. The number of nitrogens with zero attached hydrogens (tertiary/aromatic N) is 2. The average Bonchev–Trinajstić information content (AvgIpc) is 3.22. The number of nitrogens with one attached hydrogen (secondary N) is 1. The molecular formula is C27H25N3O4S. The number of aromatic nitrogens is 1. The molecule has 1 unspecified atom stereocenters. The van der Waals surface area contributed by atoms with Crippen molar-refractivity contribution in [3.63, 3.8) is 0 Å². The van der Waals surface area contributed by atoms with E-state index >= 15 is 0 Å². The predicted octanol–water partition coefficient (Wildman–Crippen LogP) is 5.13. The van der Waals surface area contributed by atoms with E-state index in [1.165, 1.54) is 18.4 Å². The number of amides is 2. The molecule has 1 heterocycles. The fraction of sp³-hybridized carbons (Fsp3) is 0.185. The van der Waals surface area contributed by atoms with Crippen molar-refractivity contribution in [1.82, 2.24) is 4.57 Å². The third-order valence-electron chi connectivity index (χ3n) is 5.59. The summed E-state index contributed by atoms with van der Waals surface area (Å²) in [7, 11) is 1.33. The molecule has 1 N–H and O–H groups in total. The number of hydrogen-bond donors (Lipinski definition) is 1. The van der Waals surface area contributed by atoms with Crippen molar-refractivity contribution in [2.45, 2.75) is 26.3 Å². The molecule has 178 valence electrons. The average molecular weight is 488 g/mol. The Morgan fingerprint density at radius 3 is 2.37 bits per heavy atom. The molecule has 1 atom stereocenters. The van der Waals surface area contributed by atoms with Crippen LogP contribution in [0.4, 0.5) is 5.69 Å². The Kier molecular flexibility index (Phi) is 7.22. The lowest BCUT2D eigenvalue weighted by Gasteiger charge is -2.16. The molecule has 4 rings (SSSR count). The van der Waals surface area contributed by atoms with Crippen molar-refractivity contribution < 1.29 is 19.1 Å². The second kappa shape index (κ2) is 10.5. The number of aryl methyl sites for hydroxylation is 1.